The van der Waals surface area contributed by atoms with Crippen LogP contribution in [0, 0.1) is 0 Å². The molecule has 0 aliphatic carbocycles. The van der Waals surface area contributed by atoms with E-state index in [0.29, 0.717) is 0 Å². The van der Waals surface area contributed by atoms with E-state index in [2.05, 4.69) is 12.6 Å². The van der Waals surface area contributed by atoms with Crippen LogP contribution in [0.2, 0.25) is 0 Å². The maximum atomic E-state index is 9.37. The van der Waals surface area contributed by atoms with E-state index in [1.165, 1.54) is 6.29 Å². The van der Waals surface area contributed by atoms with Crippen LogP contribution >= 0.6 is 12.6 Å². The molecule has 0 aliphatic heterocycles. The summed E-state index contributed by atoms with van der Waals surface area (Å²) in [5, 5.41) is 0. The van der Waals surface area contributed by atoms with Crippen molar-refractivity contribution < 1.29 is 4.79 Å². The molecule has 2 radical (unpaired) electrons. The van der Waals surface area contributed by atoms with Crippen molar-refractivity contribution in [3.8, 4) is 0 Å². The molecule has 0 fully saturated rings. The third-order valence-electron chi connectivity index (χ3n) is 0.325. The van der Waals surface area contributed by atoms with Crippen LogP contribution in [0.3, 0.4) is 0 Å². The Hall–Kier alpha value is -0.0200. The highest BCUT2D eigenvalue weighted by atomic mass is 32.1. The third kappa shape index (κ3) is 2.23. The molecule has 1 unspecified atom stereocenters. The van der Waals surface area contributed by atoms with Gasteiger partial charge in [-0.25, -0.2) is 5.73 Å². The Morgan fingerprint density at radius 2 is 2.50 bits per heavy atom. The van der Waals surface area contributed by atoms with Gasteiger partial charge in [0, 0.05) is 5.75 Å². The molecule has 34 valence electrons. The van der Waals surface area contributed by atoms with Crippen LogP contribution in [0.5, 0.6) is 0 Å². The molecule has 2 nitrogen and oxygen atoms in total. The Balaban J connectivity index is 2.96. The van der Waals surface area contributed by atoms with Gasteiger partial charge in [-0.1, -0.05) is 0 Å². The summed E-state index contributed by atoms with van der Waals surface area (Å²) in [6, 6.07) is -0.756. The summed E-state index contributed by atoms with van der Waals surface area (Å²) in [5.74, 6) is 0.267. The first kappa shape index (κ1) is 5.98. The summed E-state index contributed by atoms with van der Waals surface area (Å²) in [4.78, 5) is 9.37. The first-order chi connectivity index (χ1) is 2.81. The zero-order valence-corrected chi connectivity index (χ0v) is 4.03. The molecular formula is C3H5NOS. The minimum absolute atomic E-state index is 0.267. The van der Waals surface area contributed by atoms with E-state index in [4.69, 9.17) is 5.73 Å². The summed E-state index contributed by atoms with van der Waals surface area (Å²) >= 11 is 3.65. The van der Waals surface area contributed by atoms with Crippen molar-refractivity contribution in [2.24, 2.45) is 0 Å². The smallest absolute Gasteiger partial charge is 0.219 e. The van der Waals surface area contributed by atoms with Gasteiger partial charge in [0.25, 0.3) is 0 Å². The molecule has 0 aromatic heterocycles. The van der Waals surface area contributed by atoms with E-state index in [-0.39, 0.29) is 5.75 Å². The standard InChI is InChI=1S/C3H5NOS/c4-3(1-5)2-6/h3-4,6H,2H2. The molecule has 0 saturated heterocycles. The molecule has 0 heterocycles. The molecule has 0 aliphatic rings. The lowest BCUT2D eigenvalue weighted by atomic mass is 10.4. The lowest BCUT2D eigenvalue weighted by Gasteiger charge is -1.86. The van der Waals surface area contributed by atoms with Crippen LogP contribution in [0.1, 0.15) is 0 Å². The molecular weight excluding hydrogens is 98.1 g/mol. The van der Waals surface area contributed by atoms with Crippen molar-refractivity contribution in [1.82, 2.24) is 5.73 Å². The molecule has 0 aromatic rings. The Bertz CT molecular complexity index is 48.1. The number of hydrogen-bond donors (Lipinski definition) is 1. The van der Waals surface area contributed by atoms with Crippen LogP contribution in [-0.4, -0.2) is 18.1 Å². The largest absolute Gasteiger partial charge is 0.289 e. The Morgan fingerprint density at radius 3 is 2.50 bits per heavy atom. The highest BCUT2D eigenvalue weighted by molar-refractivity contribution is 7.80. The Labute approximate surface area is 42.1 Å². The van der Waals surface area contributed by atoms with Gasteiger partial charge in [0.2, 0.25) is 6.29 Å². The second kappa shape index (κ2) is 3.18. The fourth-order valence-electron chi connectivity index (χ4n) is 0.0373. The van der Waals surface area contributed by atoms with E-state index < -0.39 is 6.04 Å². The number of rotatable bonds is 2. The van der Waals surface area contributed by atoms with Crippen LogP contribution in [-0.2, 0) is 4.79 Å². The van der Waals surface area contributed by atoms with Gasteiger partial charge in [0.05, 0.1) is 6.04 Å². The Kier molecular flexibility index (Phi) is 3.17. The molecule has 0 aromatic carbocycles. The van der Waals surface area contributed by atoms with Gasteiger partial charge in [0.15, 0.2) is 0 Å². The summed E-state index contributed by atoms with van der Waals surface area (Å²) in [5.41, 5.74) is 6.57. The van der Waals surface area contributed by atoms with Crippen molar-refractivity contribution in [3.05, 3.63) is 0 Å². The summed E-state index contributed by atoms with van der Waals surface area (Å²) < 4.78 is 0. The highest BCUT2D eigenvalue weighted by Crippen LogP contribution is 1.76. The molecule has 1 atom stereocenters. The highest BCUT2D eigenvalue weighted by Gasteiger charge is 1.93. The van der Waals surface area contributed by atoms with Crippen molar-refractivity contribution in [3.63, 3.8) is 0 Å². The average Bonchev–Trinajstić information content (AvgIpc) is 1.65. The fraction of sp³-hybridized carbons (Fsp3) is 0.667. The van der Waals surface area contributed by atoms with Gasteiger partial charge in [0.1, 0.15) is 0 Å². The lowest BCUT2D eigenvalue weighted by Crippen LogP contribution is -2.10. The zero-order chi connectivity index (χ0) is 4.99. The monoisotopic (exact) mass is 103 g/mol. The van der Waals surface area contributed by atoms with Gasteiger partial charge in [-0.05, 0) is 0 Å². The molecule has 0 saturated carbocycles. The minimum Gasteiger partial charge on any atom is -0.289 e. The van der Waals surface area contributed by atoms with Gasteiger partial charge in [-0.15, -0.1) is 0 Å². The van der Waals surface area contributed by atoms with Crippen LogP contribution in [0.15, 0.2) is 0 Å². The second-order valence-electron chi connectivity index (χ2n) is 0.853. The van der Waals surface area contributed by atoms with Crippen molar-refractivity contribution in [1.29, 1.82) is 0 Å². The van der Waals surface area contributed by atoms with Crippen molar-refractivity contribution in [2.75, 3.05) is 5.75 Å². The molecule has 0 rings (SSSR count). The summed E-state index contributed by atoms with van der Waals surface area (Å²) in [7, 11) is 0. The van der Waals surface area contributed by atoms with Gasteiger partial charge >= 0.3 is 0 Å². The van der Waals surface area contributed by atoms with E-state index in [1.54, 1.807) is 0 Å². The minimum atomic E-state index is -0.756. The summed E-state index contributed by atoms with van der Waals surface area (Å²) in [6.45, 7) is 0. The maximum absolute atomic E-state index is 9.37. The van der Waals surface area contributed by atoms with Crippen LogP contribution in [0.4, 0.5) is 0 Å². The van der Waals surface area contributed by atoms with E-state index in [9.17, 15) is 4.79 Å². The second-order valence-corrected chi connectivity index (χ2v) is 1.22. The quantitative estimate of drug-likeness (QED) is 0.478. The molecule has 1 N–H and O–H groups in total. The zero-order valence-electron chi connectivity index (χ0n) is 3.14. The maximum Gasteiger partial charge on any atom is 0.219 e. The molecule has 6 heavy (non-hydrogen) atoms. The van der Waals surface area contributed by atoms with Gasteiger partial charge < -0.3 is 0 Å². The molecule has 0 bridgehead atoms. The topological polar surface area (TPSA) is 40.9 Å². The average molecular weight is 103 g/mol. The first-order valence-electron chi connectivity index (χ1n) is 1.51. The number of thiol groups is 1. The Morgan fingerprint density at radius 1 is 2.00 bits per heavy atom. The van der Waals surface area contributed by atoms with Crippen molar-refractivity contribution in [2.45, 2.75) is 6.04 Å². The number of hydrogen-bond acceptors (Lipinski definition) is 2. The van der Waals surface area contributed by atoms with E-state index >= 15 is 0 Å². The fourth-order valence-corrected chi connectivity index (χ4v) is 0.112. The lowest BCUT2D eigenvalue weighted by molar-refractivity contribution is 0.545. The van der Waals surface area contributed by atoms with Gasteiger partial charge in [-0.3, -0.25) is 4.79 Å². The molecule has 0 amide bonds. The van der Waals surface area contributed by atoms with E-state index in [1.807, 2.05) is 0 Å². The molecule has 0 spiro atoms. The predicted molar refractivity (Wildman–Crippen MR) is 26.4 cm³/mol. The molecule has 3 heteroatoms. The SMILES string of the molecule is [NH]C([C]=O)CS. The van der Waals surface area contributed by atoms with Crippen LogP contribution in [0.25, 0.3) is 0 Å². The summed E-state index contributed by atoms with van der Waals surface area (Å²) in [6.07, 6.45) is 1.45. The predicted octanol–water partition coefficient (Wildman–Crippen LogP) is -0.323. The first-order valence-corrected chi connectivity index (χ1v) is 2.14. The van der Waals surface area contributed by atoms with Crippen molar-refractivity contribution >= 4 is 18.9 Å². The normalized spacial score (nSPS) is 13.7. The third-order valence-corrected chi connectivity index (χ3v) is 0.690. The van der Waals surface area contributed by atoms with Crippen LogP contribution < -0.4 is 5.73 Å². The number of nitrogens with one attached hydrogen (secondary N) is 1. The van der Waals surface area contributed by atoms with Gasteiger partial charge in [-0.2, -0.15) is 12.6 Å². The van der Waals surface area contributed by atoms with E-state index in [0.717, 1.165) is 0 Å². The number of carbonyl (C=O) groups excluding carboxylic acids is 1.